The van der Waals surface area contributed by atoms with Gasteiger partial charge in [0.15, 0.2) is 0 Å². The fraction of sp³-hybridized carbons (Fsp3) is 0.111. The third-order valence-corrected chi connectivity index (χ3v) is 1.84. The molecule has 0 bridgehead atoms. The molecule has 0 unspecified atom stereocenters. The number of anilines is 1. The highest BCUT2D eigenvalue weighted by Crippen LogP contribution is 2.14. The van der Waals surface area contributed by atoms with Crippen LogP contribution in [0.25, 0.3) is 11.1 Å². The van der Waals surface area contributed by atoms with Gasteiger partial charge in [0.2, 0.25) is 5.71 Å². The number of hydrogen-bond donors (Lipinski definition) is 1. The van der Waals surface area contributed by atoms with Crippen LogP contribution < -0.4 is 11.4 Å². The Balaban J connectivity index is 2.94. The van der Waals surface area contributed by atoms with Crippen LogP contribution in [-0.2, 0) is 0 Å². The van der Waals surface area contributed by atoms with Gasteiger partial charge in [-0.3, -0.25) is 0 Å². The van der Waals surface area contributed by atoms with Crippen molar-refractivity contribution in [3.63, 3.8) is 0 Å². The molecule has 2 aromatic rings. The van der Waals surface area contributed by atoms with Crippen LogP contribution in [0, 0.1) is 6.92 Å². The van der Waals surface area contributed by atoms with Gasteiger partial charge in [-0.05, 0) is 24.6 Å². The molecule has 0 atom stereocenters. The van der Waals surface area contributed by atoms with E-state index >= 15 is 0 Å². The number of pyridine rings is 1. The van der Waals surface area contributed by atoms with E-state index in [1.54, 1.807) is 12.1 Å². The molecule has 4 nitrogen and oxygen atoms in total. The SMILES string of the molecule is Cc1cc(=O)oc2nc(N)ccc12. The van der Waals surface area contributed by atoms with Gasteiger partial charge in [0.1, 0.15) is 5.82 Å². The summed E-state index contributed by atoms with van der Waals surface area (Å²) in [7, 11) is 0. The van der Waals surface area contributed by atoms with Crippen molar-refractivity contribution in [1.82, 2.24) is 4.98 Å². The zero-order valence-electron chi connectivity index (χ0n) is 7.07. The van der Waals surface area contributed by atoms with Crippen LogP contribution in [0.5, 0.6) is 0 Å². The highest BCUT2D eigenvalue weighted by Gasteiger charge is 2.02. The Labute approximate surface area is 74.0 Å². The molecule has 66 valence electrons. The lowest BCUT2D eigenvalue weighted by atomic mass is 10.2. The topological polar surface area (TPSA) is 69.1 Å². The molecule has 2 aromatic heterocycles. The van der Waals surface area contributed by atoms with E-state index in [1.807, 2.05) is 6.92 Å². The molecule has 2 N–H and O–H groups in total. The maximum Gasteiger partial charge on any atom is 0.337 e. The van der Waals surface area contributed by atoms with E-state index in [4.69, 9.17) is 10.2 Å². The van der Waals surface area contributed by atoms with E-state index < -0.39 is 5.63 Å². The largest absolute Gasteiger partial charge is 0.404 e. The van der Waals surface area contributed by atoms with Gasteiger partial charge in [-0.1, -0.05) is 0 Å². The lowest BCUT2D eigenvalue weighted by Gasteiger charge is -1.98. The summed E-state index contributed by atoms with van der Waals surface area (Å²) >= 11 is 0. The normalized spacial score (nSPS) is 10.5. The number of fused-ring (bicyclic) bond motifs is 1. The molecule has 2 heterocycles. The van der Waals surface area contributed by atoms with Crippen molar-refractivity contribution in [1.29, 1.82) is 0 Å². The highest BCUT2D eigenvalue weighted by atomic mass is 16.4. The molecule has 0 fully saturated rings. The minimum atomic E-state index is -0.400. The van der Waals surface area contributed by atoms with Crippen LogP contribution >= 0.6 is 0 Å². The van der Waals surface area contributed by atoms with Crippen LogP contribution in [0.1, 0.15) is 5.56 Å². The van der Waals surface area contributed by atoms with Gasteiger partial charge in [0.05, 0.1) is 0 Å². The first-order chi connectivity index (χ1) is 6.16. The fourth-order valence-corrected chi connectivity index (χ4v) is 1.21. The average Bonchev–Trinajstić information content (AvgIpc) is 2.02. The monoisotopic (exact) mass is 176 g/mol. The number of hydrogen-bond acceptors (Lipinski definition) is 4. The summed E-state index contributed by atoms with van der Waals surface area (Å²) in [6.07, 6.45) is 0. The minimum absolute atomic E-state index is 0.296. The molecule has 4 heteroatoms. The summed E-state index contributed by atoms with van der Waals surface area (Å²) in [5, 5.41) is 0.814. The zero-order valence-corrected chi connectivity index (χ0v) is 7.07. The van der Waals surface area contributed by atoms with Crippen LogP contribution in [0.15, 0.2) is 27.4 Å². The maximum absolute atomic E-state index is 11.0. The number of aromatic nitrogens is 1. The first-order valence-electron chi connectivity index (χ1n) is 3.84. The quantitative estimate of drug-likeness (QED) is 0.652. The predicted molar refractivity (Wildman–Crippen MR) is 49.4 cm³/mol. The zero-order chi connectivity index (χ0) is 9.42. The summed E-state index contributed by atoms with van der Waals surface area (Å²) in [5.41, 5.74) is 6.19. The molecule has 0 saturated carbocycles. The van der Waals surface area contributed by atoms with Gasteiger partial charge in [-0.25, -0.2) is 4.79 Å². The Morgan fingerprint density at radius 1 is 1.46 bits per heavy atom. The van der Waals surface area contributed by atoms with E-state index in [1.165, 1.54) is 6.07 Å². The number of nitrogen functional groups attached to an aromatic ring is 1. The Morgan fingerprint density at radius 3 is 3.00 bits per heavy atom. The summed E-state index contributed by atoms with van der Waals surface area (Å²) in [6.45, 7) is 1.83. The third kappa shape index (κ3) is 1.26. The van der Waals surface area contributed by atoms with Crippen molar-refractivity contribution >= 4 is 16.9 Å². The van der Waals surface area contributed by atoms with Gasteiger partial charge in [0.25, 0.3) is 0 Å². The second-order valence-corrected chi connectivity index (χ2v) is 2.84. The lowest BCUT2D eigenvalue weighted by Crippen LogP contribution is -2.00. The number of nitrogens with two attached hydrogens (primary N) is 1. The van der Waals surface area contributed by atoms with Crippen molar-refractivity contribution in [2.24, 2.45) is 0 Å². The van der Waals surface area contributed by atoms with Crippen LogP contribution in [0.4, 0.5) is 5.82 Å². The first kappa shape index (κ1) is 7.79. The van der Waals surface area contributed by atoms with E-state index in [0.717, 1.165) is 10.9 Å². The molecule has 0 radical (unpaired) electrons. The molecule has 0 aliphatic carbocycles. The van der Waals surface area contributed by atoms with Crippen molar-refractivity contribution < 1.29 is 4.42 Å². The van der Waals surface area contributed by atoms with Crippen molar-refractivity contribution in [2.45, 2.75) is 6.92 Å². The Bertz CT molecular complexity index is 516. The number of aryl methyl sites for hydroxylation is 1. The molecule has 0 saturated heterocycles. The number of rotatable bonds is 0. The van der Waals surface area contributed by atoms with Crippen LogP contribution in [-0.4, -0.2) is 4.98 Å². The Hall–Kier alpha value is -1.84. The molecular weight excluding hydrogens is 168 g/mol. The van der Waals surface area contributed by atoms with E-state index in [-0.39, 0.29) is 0 Å². The third-order valence-electron chi connectivity index (χ3n) is 1.84. The van der Waals surface area contributed by atoms with Crippen molar-refractivity contribution in [3.05, 3.63) is 34.2 Å². The molecule has 0 amide bonds. The molecule has 2 rings (SSSR count). The van der Waals surface area contributed by atoms with Gasteiger partial charge < -0.3 is 10.2 Å². The van der Waals surface area contributed by atoms with Crippen molar-refractivity contribution in [2.75, 3.05) is 5.73 Å². The van der Waals surface area contributed by atoms with Gasteiger partial charge in [0, 0.05) is 11.5 Å². The van der Waals surface area contributed by atoms with Crippen LogP contribution in [0.2, 0.25) is 0 Å². The Morgan fingerprint density at radius 2 is 2.23 bits per heavy atom. The Kier molecular flexibility index (Phi) is 1.55. The average molecular weight is 176 g/mol. The number of nitrogens with zero attached hydrogens (tertiary/aromatic N) is 1. The van der Waals surface area contributed by atoms with E-state index in [9.17, 15) is 4.79 Å². The van der Waals surface area contributed by atoms with E-state index in [2.05, 4.69) is 4.98 Å². The second-order valence-electron chi connectivity index (χ2n) is 2.84. The summed E-state index contributed by atoms with van der Waals surface area (Å²) in [6, 6.07) is 4.89. The van der Waals surface area contributed by atoms with Gasteiger partial charge in [-0.2, -0.15) is 4.98 Å². The molecule has 0 aliphatic heterocycles. The second kappa shape index (κ2) is 2.58. The minimum Gasteiger partial charge on any atom is -0.404 e. The standard InChI is InChI=1S/C9H8N2O2/c1-5-4-8(12)13-9-6(5)2-3-7(10)11-9/h2-4H,1H3,(H2,10,11). The molecule has 0 aliphatic rings. The molecule has 0 aromatic carbocycles. The van der Waals surface area contributed by atoms with Gasteiger partial charge >= 0.3 is 5.63 Å². The molecular formula is C9H8N2O2. The van der Waals surface area contributed by atoms with E-state index in [0.29, 0.717) is 11.5 Å². The summed E-state index contributed by atoms with van der Waals surface area (Å²) in [4.78, 5) is 14.9. The van der Waals surface area contributed by atoms with Crippen LogP contribution in [0.3, 0.4) is 0 Å². The fourth-order valence-electron chi connectivity index (χ4n) is 1.21. The van der Waals surface area contributed by atoms with Gasteiger partial charge in [-0.15, -0.1) is 0 Å². The molecule has 13 heavy (non-hydrogen) atoms. The summed E-state index contributed by atoms with van der Waals surface area (Å²) < 4.78 is 4.88. The predicted octanol–water partition coefficient (Wildman–Crippen LogP) is 1.08. The maximum atomic E-state index is 11.0. The molecule has 0 spiro atoms. The van der Waals surface area contributed by atoms with Crippen molar-refractivity contribution in [3.8, 4) is 0 Å². The first-order valence-corrected chi connectivity index (χ1v) is 3.84. The highest BCUT2D eigenvalue weighted by molar-refractivity contribution is 5.77. The lowest BCUT2D eigenvalue weighted by molar-refractivity contribution is 0.549. The smallest absolute Gasteiger partial charge is 0.337 e. The summed E-state index contributed by atoms with van der Waals surface area (Å²) in [5.74, 6) is 0.348.